The Kier molecular flexibility index (Phi) is 5.62. The van der Waals surface area contributed by atoms with Crippen LogP contribution in [0.15, 0.2) is 89.8 Å². The van der Waals surface area contributed by atoms with Gasteiger partial charge in [0.05, 0.1) is 16.1 Å². The van der Waals surface area contributed by atoms with E-state index in [0.717, 1.165) is 16.3 Å². The van der Waals surface area contributed by atoms with E-state index in [1.54, 1.807) is 48.5 Å². The van der Waals surface area contributed by atoms with Crippen LogP contribution in [0.1, 0.15) is 15.9 Å². The lowest BCUT2D eigenvalue weighted by atomic mass is 10.1. The number of hydrogen-bond acceptors (Lipinski definition) is 5. The molecule has 176 valence electrons. The minimum absolute atomic E-state index is 0.184. The molecule has 8 nitrogen and oxygen atoms in total. The lowest BCUT2D eigenvalue weighted by Crippen LogP contribution is -2.33. The fourth-order valence-electron chi connectivity index (χ4n) is 3.83. The first-order chi connectivity index (χ1) is 16.8. The van der Waals surface area contributed by atoms with Crippen LogP contribution in [0.4, 0.5) is 16.2 Å². The molecule has 2 amide bonds. The van der Waals surface area contributed by atoms with Gasteiger partial charge in [-0.2, -0.15) is 0 Å². The van der Waals surface area contributed by atoms with E-state index in [4.69, 9.17) is 4.74 Å². The quantitative estimate of drug-likeness (QED) is 0.318. The van der Waals surface area contributed by atoms with Crippen molar-refractivity contribution in [1.29, 1.82) is 0 Å². The molecule has 35 heavy (non-hydrogen) atoms. The van der Waals surface area contributed by atoms with Crippen LogP contribution in [0.5, 0.6) is 5.75 Å². The van der Waals surface area contributed by atoms with Crippen LogP contribution < -0.4 is 19.7 Å². The smallest absolute Gasteiger partial charge is 0.343 e. The molecule has 0 radical (unpaired) electrons. The van der Waals surface area contributed by atoms with Crippen molar-refractivity contribution < 1.29 is 22.7 Å². The summed E-state index contributed by atoms with van der Waals surface area (Å²) in [6, 6.07) is 23.4. The molecule has 0 unspecified atom stereocenters. The van der Waals surface area contributed by atoms with E-state index in [9.17, 15) is 18.0 Å². The molecule has 0 aromatic heterocycles. The number of esters is 1. The number of anilines is 2. The largest absolute Gasteiger partial charge is 0.423 e. The molecule has 0 atom stereocenters. The fraction of sp³-hybridized carbons (Fsp3) is 0.0769. The average molecular weight is 488 g/mol. The molecule has 2 N–H and O–H groups in total. The Bertz CT molecular complexity index is 1570. The van der Waals surface area contributed by atoms with Crippen molar-refractivity contribution in [3.63, 3.8) is 0 Å². The number of carbonyl (C=O) groups excluding carboxylic acids is 2. The summed E-state index contributed by atoms with van der Waals surface area (Å²) in [5, 5.41) is 7.10. The number of benzene rings is 4. The normalized spacial score (nSPS) is 12.9. The van der Waals surface area contributed by atoms with Gasteiger partial charge in [0, 0.05) is 19.3 Å². The van der Waals surface area contributed by atoms with Crippen LogP contribution >= 0.6 is 0 Å². The van der Waals surface area contributed by atoms with E-state index in [2.05, 4.69) is 10.6 Å². The van der Waals surface area contributed by atoms with Crippen LogP contribution in [0, 0.1) is 0 Å². The van der Waals surface area contributed by atoms with E-state index in [-0.39, 0.29) is 22.2 Å². The van der Waals surface area contributed by atoms with Crippen LogP contribution in [-0.2, 0) is 16.6 Å². The number of nitrogens with one attached hydrogen (secondary N) is 2. The van der Waals surface area contributed by atoms with Gasteiger partial charge in [0.1, 0.15) is 5.75 Å². The Balaban J connectivity index is 1.32. The van der Waals surface area contributed by atoms with Crippen molar-refractivity contribution in [3.8, 4) is 5.75 Å². The van der Waals surface area contributed by atoms with Crippen molar-refractivity contribution in [3.05, 3.63) is 96.1 Å². The highest BCUT2D eigenvalue weighted by molar-refractivity contribution is 7.92. The molecule has 0 bridgehead atoms. The second-order valence-corrected chi connectivity index (χ2v) is 10.0. The van der Waals surface area contributed by atoms with Crippen LogP contribution in [0.2, 0.25) is 0 Å². The van der Waals surface area contributed by atoms with Gasteiger partial charge in [0.2, 0.25) is 0 Å². The van der Waals surface area contributed by atoms with E-state index in [1.165, 1.54) is 23.5 Å². The SMILES string of the molecule is CN(c1ccc(OC(=O)c2ccc3c(c2)NC(=O)NC3)cc1)S(=O)(=O)c1ccc2ccccc2c1. The highest BCUT2D eigenvalue weighted by Crippen LogP contribution is 2.27. The number of carbonyl (C=O) groups is 2. The summed E-state index contributed by atoms with van der Waals surface area (Å²) in [5.74, 6) is -0.329. The second kappa shape index (κ2) is 8.77. The van der Waals surface area contributed by atoms with E-state index >= 15 is 0 Å². The zero-order chi connectivity index (χ0) is 24.6. The van der Waals surface area contributed by atoms with Crippen molar-refractivity contribution in [2.75, 3.05) is 16.7 Å². The highest BCUT2D eigenvalue weighted by Gasteiger charge is 2.22. The topological polar surface area (TPSA) is 105 Å². The lowest BCUT2D eigenvalue weighted by Gasteiger charge is -2.20. The zero-order valence-corrected chi connectivity index (χ0v) is 19.5. The summed E-state index contributed by atoms with van der Waals surface area (Å²) >= 11 is 0. The van der Waals surface area contributed by atoms with Crippen molar-refractivity contribution >= 4 is 44.2 Å². The number of sulfonamides is 1. The molecule has 0 spiro atoms. The third-order valence-electron chi connectivity index (χ3n) is 5.82. The summed E-state index contributed by atoms with van der Waals surface area (Å²) < 4.78 is 33.0. The van der Waals surface area contributed by atoms with Gasteiger partial charge in [0.15, 0.2) is 0 Å². The molecule has 4 aromatic rings. The number of fused-ring (bicyclic) bond motifs is 2. The number of urea groups is 1. The molecule has 5 rings (SSSR count). The van der Waals surface area contributed by atoms with Crippen molar-refractivity contribution in [2.24, 2.45) is 0 Å². The predicted molar refractivity (Wildman–Crippen MR) is 133 cm³/mol. The van der Waals surface area contributed by atoms with E-state index in [1.807, 2.05) is 24.3 Å². The molecule has 1 heterocycles. The maximum Gasteiger partial charge on any atom is 0.343 e. The van der Waals surface area contributed by atoms with Gasteiger partial charge in [-0.25, -0.2) is 18.0 Å². The molecule has 0 saturated carbocycles. The zero-order valence-electron chi connectivity index (χ0n) is 18.7. The number of hydrogen-bond donors (Lipinski definition) is 2. The summed E-state index contributed by atoms with van der Waals surface area (Å²) in [6.45, 7) is 0.383. The van der Waals surface area contributed by atoms with Crippen LogP contribution in [-0.4, -0.2) is 27.5 Å². The van der Waals surface area contributed by atoms with Gasteiger partial charge in [-0.15, -0.1) is 0 Å². The number of ether oxygens (including phenoxy) is 1. The molecule has 0 aliphatic carbocycles. The Morgan fingerprint density at radius 1 is 0.914 bits per heavy atom. The summed E-state index contributed by atoms with van der Waals surface area (Å²) in [6.07, 6.45) is 0. The maximum atomic E-state index is 13.2. The molecular weight excluding hydrogens is 466 g/mol. The maximum absolute atomic E-state index is 13.2. The molecule has 4 aromatic carbocycles. The Morgan fingerprint density at radius 2 is 1.66 bits per heavy atom. The Hall–Kier alpha value is -4.37. The first-order valence-corrected chi connectivity index (χ1v) is 12.2. The molecule has 0 saturated heterocycles. The average Bonchev–Trinajstić information content (AvgIpc) is 2.88. The molecule has 1 aliphatic heterocycles. The van der Waals surface area contributed by atoms with Gasteiger partial charge < -0.3 is 15.4 Å². The predicted octanol–water partition coefficient (Wildman–Crippen LogP) is 4.52. The summed E-state index contributed by atoms with van der Waals surface area (Å²) in [7, 11) is -2.32. The van der Waals surface area contributed by atoms with Crippen molar-refractivity contribution in [1.82, 2.24) is 5.32 Å². The molecule has 9 heteroatoms. The summed E-state index contributed by atoms with van der Waals surface area (Å²) in [5.41, 5.74) is 2.12. The molecule has 0 fully saturated rings. The number of amides is 2. The summed E-state index contributed by atoms with van der Waals surface area (Å²) in [4.78, 5) is 24.3. The van der Waals surface area contributed by atoms with Gasteiger partial charge in [-0.05, 0) is 64.9 Å². The number of rotatable bonds is 5. The van der Waals surface area contributed by atoms with Gasteiger partial charge in [0.25, 0.3) is 10.0 Å². The third kappa shape index (κ3) is 4.41. The first-order valence-electron chi connectivity index (χ1n) is 10.8. The van der Waals surface area contributed by atoms with Crippen LogP contribution in [0.3, 0.4) is 0 Å². The van der Waals surface area contributed by atoms with Crippen molar-refractivity contribution in [2.45, 2.75) is 11.4 Å². The number of nitrogens with zero attached hydrogens (tertiary/aromatic N) is 1. The Morgan fingerprint density at radius 3 is 2.43 bits per heavy atom. The molecule has 1 aliphatic rings. The van der Waals surface area contributed by atoms with E-state index in [0.29, 0.717) is 17.9 Å². The van der Waals surface area contributed by atoms with Gasteiger partial charge >= 0.3 is 12.0 Å². The van der Waals surface area contributed by atoms with Crippen LogP contribution in [0.25, 0.3) is 10.8 Å². The molecular formula is C26H21N3O5S. The first kappa shape index (κ1) is 22.4. The van der Waals surface area contributed by atoms with Gasteiger partial charge in [-0.1, -0.05) is 36.4 Å². The second-order valence-electron chi connectivity index (χ2n) is 8.04. The highest BCUT2D eigenvalue weighted by atomic mass is 32.2. The third-order valence-corrected chi connectivity index (χ3v) is 7.60. The van der Waals surface area contributed by atoms with Gasteiger partial charge in [-0.3, -0.25) is 4.31 Å². The lowest BCUT2D eigenvalue weighted by molar-refractivity contribution is 0.0734. The van der Waals surface area contributed by atoms with E-state index < -0.39 is 16.0 Å². The standard InChI is InChI=1S/C26H21N3O5S/c1-29(35(32,33)23-13-8-17-4-2-3-5-18(17)14-23)21-9-11-22(12-10-21)34-25(30)19-6-7-20-16-27-26(31)28-24(20)15-19/h2-15H,16H2,1H3,(H2,27,28,31). The minimum atomic E-state index is -3.79. The minimum Gasteiger partial charge on any atom is -0.423 e. The Labute approximate surface area is 202 Å². The monoisotopic (exact) mass is 487 g/mol. The fourth-order valence-corrected chi connectivity index (χ4v) is 5.06.